The van der Waals surface area contributed by atoms with Crippen LogP contribution in [0.3, 0.4) is 0 Å². The molecule has 0 radical (unpaired) electrons. The number of hydrogen-bond donors (Lipinski definition) is 3. The molecule has 128 valence electrons. The predicted octanol–water partition coefficient (Wildman–Crippen LogP) is 4.05. The smallest absolute Gasteiger partial charge is 0.228 e. The SMILES string of the molecule is CCSNc1ccc(-c2cc(NC(=O)C3CC3)nc3[nH]ccc23)cn1. The minimum absolute atomic E-state index is 0.0543. The van der Waals surface area contributed by atoms with Crippen LogP contribution in [0.5, 0.6) is 0 Å². The van der Waals surface area contributed by atoms with Gasteiger partial charge in [0.1, 0.15) is 17.3 Å². The van der Waals surface area contributed by atoms with Crippen molar-refractivity contribution in [3.63, 3.8) is 0 Å². The van der Waals surface area contributed by atoms with E-state index in [0.29, 0.717) is 5.82 Å². The number of aromatic nitrogens is 3. The first kappa shape index (κ1) is 16.0. The van der Waals surface area contributed by atoms with E-state index < -0.39 is 0 Å². The molecule has 0 bridgehead atoms. The molecule has 1 aliphatic carbocycles. The molecular weight excluding hydrogens is 334 g/mol. The second-order valence-corrected chi connectivity index (χ2v) is 7.10. The molecule has 1 amide bonds. The molecule has 0 atom stereocenters. The van der Waals surface area contributed by atoms with Gasteiger partial charge in [0, 0.05) is 35.0 Å². The number of nitrogens with one attached hydrogen (secondary N) is 3. The van der Waals surface area contributed by atoms with E-state index in [9.17, 15) is 4.79 Å². The van der Waals surface area contributed by atoms with E-state index in [0.717, 1.165) is 46.6 Å². The average molecular weight is 353 g/mol. The van der Waals surface area contributed by atoms with E-state index in [1.807, 2.05) is 36.7 Å². The lowest BCUT2D eigenvalue weighted by atomic mass is 10.1. The number of anilines is 2. The largest absolute Gasteiger partial charge is 0.346 e. The molecule has 3 aromatic heterocycles. The highest BCUT2D eigenvalue weighted by Gasteiger charge is 2.30. The van der Waals surface area contributed by atoms with Crippen LogP contribution in [0, 0.1) is 5.92 Å². The van der Waals surface area contributed by atoms with E-state index in [1.165, 1.54) is 0 Å². The maximum Gasteiger partial charge on any atom is 0.228 e. The monoisotopic (exact) mass is 353 g/mol. The average Bonchev–Trinajstić information content (AvgIpc) is 3.38. The van der Waals surface area contributed by atoms with Crippen LogP contribution in [0.25, 0.3) is 22.2 Å². The molecule has 6 nitrogen and oxygen atoms in total. The van der Waals surface area contributed by atoms with Crippen molar-refractivity contribution in [1.29, 1.82) is 0 Å². The summed E-state index contributed by atoms with van der Waals surface area (Å²) >= 11 is 1.61. The highest BCUT2D eigenvalue weighted by Crippen LogP contribution is 2.32. The van der Waals surface area contributed by atoms with E-state index in [4.69, 9.17) is 0 Å². The number of fused-ring (bicyclic) bond motifs is 1. The number of nitrogens with zero attached hydrogens (tertiary/aromatic N) is 2. The summed E-state index contributed by atoms with van der Waals surface area (Å²) in [6, 6.07) is 7.89. The Hall–Kier alpha value is -2.54. The van der Waals surface area contributed by atoms with Crippen LogP contribution in [-0.2, 0) is 4.79 Å². The van der Waals surface area contributed by atoms with Crippen LogP contribution in [0.2, 0.25) is 0 Å². The van der Waals surface area contributed by atoms with Crippen LogP contribution in [0.1, 0.15) is 19.8 Å². The maximum absolute atomic E-state index is 12.1. The third-order valence-corrected chi connectivity index (χ3v) is 4.77. The van der Waals surface area contributed by atoms with Crippen LogP contribution >= 0.6 is 11.9 Å². The van der Waals surface area contributed by atoms with Gasteiger partial charge in [0.05, 0.1) is 0 Å². The van der Waals surface area contributed by atoms with Gasteiger partial charge in [-0.15, -0.1) is 0 Å². The second kappa shape index (κ2) is 6.76. The first-order valence-corrected chi connectivity index (χ1v) is 9.36. The Bertz CT molecular complexity index is 901. The third-order valence-electron chi connectivity index (χ3n) is 4.12. The Balaban J connectivity index is 1.67. The number of H-pyrrole nitrogens is 1. The van der Waals surface area contributed by atoms with E-state index in [1.54, 1.807) is 11.9 Å². The van der Waals surface area contributed by atoms with Gasteiger partial charge in [0.2, 0.25) is 5.91 Å². The van der Waals surface area contributed by atoms with E-state index >= 15 is 0 Å². The van der Waals surface area contributed by atoms with Crippen LogP contribution in [0.4, 0.5) is 11.6 Å². The van der Waals surface area contributed by atoms with Crippen molar-refractivity contribution < 1.29 is 4.79 Å². The highest BCUT2D eigenvalue weighted by atomic mass is 32.2. The van der Waals surface area contributed by atoms with Gasteiger partial charge in [0.15, 0.2) is 0 Å². The van der Waals surface area contributed by atoms with Gasteiger partial charge in [-0.1, -0.05) is 18.9 Å². The molecule has 7 heteroatoms. The van der Waals surface area contributed by atoms with E-state index in [-0.39, 0.29) is 11.8 Å². The second-order valence-electron chi connectivity index (χ2n) is 6.03. The van der Waals surface area contributed by atoms with Crippen molar-refractivity contribution in [1.82, 2.24) is 15.0 Å². The van der Waals surface area contributed by atoms with Gasteiger partial charge in [-0.3, -0.25) is 4.79 Å². The number of pyridine rings is 2. The molecule has 0 spiro atoms. The summed E-state index contributed by atoms with van der Waals surface area (Å²) in [6.07, 6.45) is 5.64. The van der Waals surface area contributed by atoms with Crippen LogP contribution < -0.4 is 10.0 Å². The Labute approximate surface area is 150 Å². The summed E-state index contributed by atoms with van der Waals surface area (Å²) in [5.74, 6) is 2.58. The number of hydrogen-bond acceptors (Lipinski definition) is 5. The molecule has 3 aromatic rings. The summed E-state index contributed by atoms with van der Waals surface area (Å²) in [6.45, 7) is 2.09. The lowest BCUT2D eigenvalue weighted by Crippen LogP contribution is -2.14. The van der Waals surface area contributed by atoms with Crippen molar-refractivity contribution in [3.8, 4) is 11.1 Å². The van der Waals surface area contributed by atoms with Gasteiger partial charge in [-0.05, 0) is 42.7 Å². The van der Waals surface area contributed by atoms with Gasteiger partial charge >= 0.3 is 0 Å². The Morgan fingerprint density at radius 1 is 1.32 bits per heavy atom. The summed E-state index contributed by atoms with van der Waals surface area (Å²) in [5.41, 5.74) is 2.74. The molecular formula is C18H19N5OS. The summed E-state index contributed by atoms with van der Waals surface area (Å²) < 4.78 is 3.19. The topological polar surface area (TPSA) is 82.7 Å². The lowest BCUT2D eigenvalue weighted by Gasteiger charge is -2.09. The third kappa shape index (κ3) is 3.46. The fraction of sp³-hybridized carbons (Fsp3) is 0.278. The molecule has 1 aliphatic rings. The van der Waals surface area contributed by atoms with Crippen molar-refractivity contribution in [2.24, 2.45) is 5.92 Å². The van der Waals surface area contributed by atoms with Crippen molar-refractivity contribution >= 4 is 40.5 Å². The zero-order valence-electron chi connectivity index (χ0n) is 13.9. The van der Waals surface area contributed by atoms with Crippen molar-refractivity contribution in [2.45, 2.75) is 19.8 Å². The number of amides is 1. The van der Waals surface area contributed by atoms with E-state index in [2.05, 4.69) is 31.9 Å². The molecule has 4 rings (SSSR count). The number of aromatic amines is 1. The first-order valence-electron chi connectivity index (χ1n) is 8.38. The minimum Gasteiger partial charge on any atom is -0.346 e. The molecule has 0 saturated heterocycles. The van der Waals surface area contributed by atoms with Crippen molar-refractivity contribution in [2.75, 3.05) is 15.8 Å². The molecule has 1 saturated carbocycles. The zero-order valence-corrected chi connectivity index (χ0v) is 14.7. The number of carbonyl (C=O) groups is 1. The lowest BCUT2D eigenvalue weighted by molar-refractivity contribution is -0.117. The standard InChI is InChI=1S/C18H19N5OS/c1-2-25-23-15-6-5-12(10-20-15)14-9-16(22-18(24)11-3-4-11)21-17-13(14)7-8-19-17/h5-11H,2-4H2,1H3,(H,20,23)(H2,19,21,22,24). The van der Waals surface area contributed by atoms with Crippen LogP contribution in [0.15, 0.2) is 36.7 Å². The number of carbonyl (C=O) groups excluding carboxylic acids is 1. The van der Waals surface area contributed by atoms with Gasteiger partial charge < -0.3 is 15.0 Å². The molecule has 0 unspecified atom stereocenters. The minimum atomic E-state index is 0.0543. The summed E-state index contributed by atoms with van der Waals surface area (Å²) in [5, 5.41) is 3.94. The quantitative estimate of drug-likeness (QED) is 0.582. The molecule has 3 heterocycles. The molecule has 3 N–H and O–H groups in total. The Kier molecular flexibility index (Phi) is 4.31. The molecule has 0 aliphatic heterocycles. The maximum atomic E-state index is 12.1. The Morgan fingerprint density at radius 3 is 2.92 bits per heavy atom. The number of rotatable bonds is 6. The highest BCUT2D eigenvalue weighted by molar-refractivity contribution is 8.00. The fourth-order valence-electron chi connectivity index (χ4n) is 2.67. The summed E-state index contributed by atoms with van der Waals surface area (Å²) in [4.78, 5) is 24.2. The fourth-order valence-corrected chi connectivity index (χ4v) is 3.09. The van der Waals surface area contributed by atoms with Gasteiger partial charge in [0.25, 0.3) is 0 Å². The molecule has 0 aromatic carbocycles. The van der Waals surface area contributed by atoms with Gasteiger partial charge in [-0.25, -0.2) is 9.97 Å². The van der Waals surface area contributed by atoms with Crippen molar-refractivity contribution in [3.05, 3.63) is 36.7 Å². The molecule has 25 heavy (non-hydrogen) atoms. The Morgan fingerprint density at radius 2 is 2.20 bits per heavy atom. The van der Waals surface area contributed by atoms with Crippen LogP contribution in [-0.4, -0.2) is 26.6 Å². The van der Waals surface area contributed by atoms with Gasteiger partial charge in [-0.2, -0.15) is 0 Å². The normalized spacial score (nSPS) is 13.8. The predicted molar refractivity (Wildman–Crippen MR) is 102 cm³/mol. The summed E-state index contributed by atoms with van der Waals surface area (Å²) in [7, 11) is 0. The molecule has 1 fully saturated rings. The first-order chi connectivity index (χ1) is 12.2. The zero-order chi connectivity index (χ0) is 17.2.